The maximum absolute atomic E-state index is 11.8. The van der Waals surface area contributed by atoms with Crippen molar-refractivity contribution in [2.75, 3.05) is 12.3 Å². The molecule has 0 atom stereocenters. The molecule has 0 radical (unpaired) electrons. The van der Waals surface area contributed by atoms with Crippen LogP contribution >= 0.6 is 23.1 Å². The van der Waals surface area contributed by atoms with Crippen molar-refractivity contribution >= 4 is 39.1 Å². The van der Waals surface area contributed by atoms with Crippen LogP contribution in [0.5, 0.6) is 0 Å². The summed E-state index contributed by atoms with van der Waals surface area (Å²) in [4.78, 5) is 10.6. The van der Waals surface area contributed by atoms with E-state index in [0.717, 1.165) is 11.4 Å². The zero-order chi connectivity index (χ0) is 14.7. The van der Waals surface area contributed by atoms with E-state index >= 15 is 0 Å². The summed E-state index contributed by atoms with van der Waals surface area (Å²) in [5.41, 5.74) is -4.60. The number of thioether (sulfide) groups is 1. The molecular weight excluding hydrogens is 327 g/mol. The SMILES string of the molecule is O=C(O)c1csc(S(=O)(=O)NCCSC(F)(F)F)c1. The molecule has 108 valence electrons. The summed E-state index contributed by atoms with van der Waals surface area (Å²) in [6.45, 7) is -0.396. The Labute approximate surface area is 114 Å². The molecule has 0 spiro atoms. The van der Waals surface area contributed by atoms with E-state index in [2.05, 4.69) is 0 Å². The second kappa shape index (κ2) is 6.11. The van der Waals surface area contributed by atoms with Crippen LogP contribution in [0.3, 0.4) is 0 Å². The molecule has 0 aromatic carbocycles. The average molecular weight is 335 g/mol. The van der Waals surface area contributed by atoms with E-state index in [1.165, 1.54) is 0 Å². The lowest BCUT2D eigenvalue weighted by atomic mass is 10.4. The van der Waals surface area contributed by atoms with Gasteiger partial charge in [0.25, 0.3) is 0 Å². The standard InChI is InChI=1S/C8H8F3NO4S3/c9-8(10,11)18-2-1-12-19(15,16)6-3-5(4-17-6)7(13)14/h3-4,12H,1-2H2,(H,13,14). The maximum Gasteiger partial charge on any atom is 0.441 e. The molecule has 1 rings (SSSR count). The van der Waals surface area contributed by atoms with Gasteiger partial charge in [0.15, 0.2) is 0 Å². The Bertz CT molecular complexity index is 552. The highest BCUT2D eigenvalue weighted by molar-refractivity contribution is 8.00. The fourth-order valence-corrected chi connectivity index (χ4v) is 3.78. The molecule has 5 nitrogen and oxygen atoms in total. The number of hydrogen-bond acceptors (Lipinski definition) is 5. The zero-order valence-electron chi connectivity index (χ0n) is 9.10. The third kappa shape index (κ3) is 5.38. The summed E-state index contributed by atoms with van der Waals surface area (Å²) in [7, 11) is -3.97. The molecule has 0 aliphatic rings. The maximum atomic E-state index is 11.8. The fraction of sp³-hybridized carbons (Fsp3) is 0.375. The van der Waals surface area contributed by atoms with E-state index < -0.39 is 33.8 Å². The van der Waals surface area contributed by atoms with E-state index in [9.17, 15) is 26.4 Å². The molecule has 1 aromatic rings. The molecule has 11 heteroatoms. The number of thiophene rings is 1. The molecule has 0 unspecified atom stereocenters. The monoisotopic (exact) mass is 335 g/mol. The molecule has 0 amide bonds. The van der Waals surface area contributed by atoms with Crippen LogP contribution in [-0.2, 0) is 10.0 Å². The van der Waals surface area contributed by atoms with E-state index in [1.54, 1.807) is 0 Å². The molecule has 0 aliphatic carbocycles. The first-order valence-corrected chi connectivity index (χ1v) is 7.99. The van der Waals surface area contributed by atoms with E-state index in [-0.39, 0.29) is 21.5 Å². The van der Waals surface area contributed by atoms with Gasteiger partial charge in [-0.25, -0.2) is 17.9 Å². The van der Waals surface area contributed by atoms with Crippen LogP contribution < -0.4 is 4.72 Å². The van der Waals surface area contributed by atoms with Crippen molar-refractivity contribution in [2.24, 2.45) is 0 Å². The molecule has 19 heavy (non-hydrogen) atoms. The number of halogens is 3. The van der Waals surface area contributed by atoms with Gasteiger partial charge in [-0.15, -0.1) is 11.3 Å². The van der Waals surface area contributed by atoms with Crippen molar-refractivity contribution < 1.29 is 31.5 Å². The van der Waals surface area contributed by atoms with Gasteiger partial charge in [-0.2, -0.15) is 13.2 Å². The summed E-state index contributed by atoms with van der Waals surface area (Å²) in [6, 6.07) is 0.951. The number of carboxylic acid groups (broad SMARTS) is 1. The minimum Gasteiger partial charge on any atom is -0.478 e. The highest BCUT2D eigenvalue weighted by Crippen LogP contribution is 2.29. The predicted molar refractivity (Wildman–Crippen MR) is 65.0 cm³/mol. The van der Waals surface area contributed by atoms with Crippen molar-refractivity contribution in [3.63, 3.8) is 0 Å². The van der Waals surface area contributed by atoms with Gasteiger partial charge in [0.2, 0.25) is 10.0 Å². The van der Waals surface area contributed by atoms with Gasteiger partial charge in [0.1, 0.15) is 4.21 Å². The summed E-state index contributed by atoms with van der Waals surface area (Å²) < 4.78 is 60.4. The first kappa shape index (κ1) is 16.3. The van der Waals surface area contributed by atoms with Gasteiger partial charge in [-0.3, -0.25) is 0 Å². The molecule has 2 N–H and O–H groups in total. The fourth-order valence-electron chi connectivity index (χ4n) is 0.984. The number of nitrogens with one attached hydrogen (secondary N) is 1. The van der Waals surface area contributed by atoms with Crippen LogP contribution in [-0.4, -0.2) is 37.3 Å². The van der Waals surface area contributed by atoms with Crippen molar-refractivity contribution in [2.45, 2.75) is 9.72 Å². The minimum atomic E-state index is -4.41. The Hall–Kier alpha value is -0.780. The van der Waals surface area contributed by atoms with Crippen LogP contribution in [0, 0.1) is 0 Å². The molecule has 0 saturated heterocycles. The van der Waals surface area contributed by atoms with E-state index in [4.69, 9.17) is 5.11 Å². The Morgan fingerprint density at radius 2 is 2.11 bits per heavy atom. The predicted octanol–water partition coefficient (Wildman–Crippen LogP) is 1.98. The van der Waals surface area contributed by atoms with Crippen LogP contribution in [0.25, 0.3) is 0 Å². The highest BCUT2D eigenvalue weighted by Gasteiger charge is 2.28. The minimum absolute atomic E-state index is 0.185. The average Bonchev–Trinajstić information content (AvgIpc) is 2.73. The molecule has 0 aliphatic heterocycles. The third-order valence-corrected chi connectivity index (χ3v) is 5.38. The van der Waals surface area contributed by atoms with Gasteiger partial charge < -0.3 is 5.11 Å². The van der Waals surface area contributed by atoms with Gasteiger partial charge >= 0.3 is 11.5 Å². The summed E-state index contributed by atoms with van der Waals surface area (Å²) in [5, 5.41) is 9.77. The lowest BCUT2D eigenvalue weighted by Gasteiger charge is -2.06. The van der Waals surface area contributed by atoms with Gasteiger partial charge in [0.05, 0.1) is 5.56 Å². The Morgan fingerprint density at radius 1 is 1.47 bits per heavy atom. The number of rotatable bonds is 6. The van der Waals surface area contributed by atoms with Crippen molar-refractivity contribution in [1.29, 1.82) is 0 Å². The van der Waals surface area contributed by atoms with Crippen molar-refractivity contribution in [3.8, 4) is 0 Å². The van der Waals surface area contributed by atoms with Crippen LogP contribution in [0.4, 0.5) is 13.2 Å². The van der Waals surface area contributed by atoms with Crippen LogP contribution in [0.15, 0.2) is 15.7 Å². The molecular formula is C8H8F3NO4S3. The first-order valence-electron chi connectivity index (χ1n) is 4.64. The topological polar surface area (TPSA) is 83.5 Å². The van der Waals surface area contributed by atoms with Crippen molar-refractivity contribution in [3.05, 3.63) is 17.0 Å². The number of hydrogen-bond donors (Lipinski definition) is 2. The molecule has 0 saturated carbocycles. The number of carbonyl (C=O) groups is 1. The second-order valence-electron chi connectivity index (χ2n) is 3.15. The molecule has 0 bridgehead atoms. The Kier molecular flexibility index (Phi) is 5.24. The smallest absolute Gasteiger partial charge is 0.441 e. The molecule has 1 aromatic heterocycles. The third-order valence-electron chi connectivity index (χ3n) is 1.75. The number of alkyl halides is 3. The number of carboxylic acids is 1. The van der Waals surface area contributed by atoms with Gasteiger partial charge in [-0.1, -0.05) is 0 Å². The highest BCUT2D eigenvalue weighted by atomic mass is 32.2. The normalized spacial score (nSPS) is 12.6. The quantitative estimate of drug-likeness (QED) is 0.777. The van der Waals surface area contributed by atoms with Crippen LogP contribution in [0.1, 0.15) is 10.4 Å². The number of aromatic carboxylic acids is 1. The summed E-state index contributed by atoms with van der Waals surface area (Å²) in [5.74, 6) is -1.73. The second-order valence-corrected chi connectivity index (χ2v) is 7.22. The zero-order valence-corrected chi connectivity index (χ0v) is 11.5. The summed E-state index contributed by atoms with van der Waals surface area (Å²) in [6.07, 6.45) is 0. The Balaban J connectivity index is 2.58. The first-order chi connectivity index (χ1) is 8.62. The van der Waals surface area contributed by atoms with E-state index in [1.807, 2.05) is 4.72 Å². The lowest BCUT2D eigenvalue weighted by molar-refractivity contribution is -0.0327. The largest absolute Gasteiger partial charge is 0.478 e. The molecule has 1 heterocycles. The van der Waals surface area contributed by atoms with Gasteiger partial charge in [-0.05, 0) is 17.8 Å². The summed E-state index contributed by atoms with van der Waals surface area (Å²) >= 11 is 0.350. The lowest BCUT2D eigenvalue weighted by Crippen LogP contribution is -2.26. The van der Waals surface area contributed by atoms with Gasteiger partial charge in [0, 0.05) is 17.7 Å². The van der Waals surface area contributed by atoms with Crippen LogP contribution in [0.2, 0.25) is 0 Å². The van der Waals surface area contributed by atoms with E-state index in [0.29, 0.717) is 11.3 Å². The Morgan fingerprint density at radius 3 is 2.58 bits per heavy atom. The molecule has 0 fully saturated rings. The number of sulfonamides is 1. The van der Waals surface area contributed by atoms with Crippen molar-refractivity contribution in [1.82, 2.24) is 4.72 Å².